The standard InChI is InChI=1S/C13H17NO2S/c1-9(10-5-3-2-4-6-10)7-12-14-11(8-17-12)13(15)16/h2-6,9,11-12,14H,7-8H2,1H3,(H,15,16)/t9?,11-,12?/m0/s1. The lowest BCUT2D eigenvalue weighted by Crippen LogP contribution is -2.36. The minimum atomic E-state index is -0.743. The number of carboxylic acids is 1. The molecule has 1 fully saturated rings. The van der Waals surface area contributed by atoms with Gasteiger partial charge in [-0.3, -0.25) is 10.1 Å². The van der Waals surface area contributed by atoms with Gasteiger partial charge in [0.2, 0.25) is 0 Å². The van der Waals surface area contributed by atoms with E-state index >= 15 is 0 Å². The summed E-state index contributed by atoms with van der Waals surface area (Å²) in [6.45, 7) is 2.19. The van der Waals surface area contributed by atoms with Crippen molar-refractivity contribution >= 4 is 17.7 Å². The molecular weight excluding hydrogens is 234 g/mol. The van der Waals surface area contributed by atoms with Crippen molar-refractivity contribution in [3.05, 3.63) is 35.9 Å². The van der Waals surface area contributed by atoms with Crippen molar-refractivity contribution in [3.8, 4) is 0 Å². The SMILES string of the molecule is CC(CC1N[C@H](C(=O)O)CS1)c1ccccc1. The van der Waals surface area contributed by atoms with Crippen LogP contribution >= 0.6 is 11.8 Å². The molecule has 0 bridgehead atoms. The number of hydrogen-bond donors (Lipinski definition) is 2. The van der Waals surface area contributed by atoms with E-state index in [1.165, 1.54) is 5.56 Å². The van der Waals surface area contributed by atoms with Crippen molar-refractivity contribution in [1.82, 2.24) is 5.32 Å². The summed E-state index contributed by atoms with van der Waals surface area (Å²) in [6.07, 6.45) is 0.971. The first-order valence-corrected chi connectivity index (χ1v) is 6.87. The van der Waals surface area contributed by atoms with Crippen LogP contribution in [0.5, 0.6) is 0 Å². The zero-order chi connectivity index (χ0) is 12.3. The second kappa shape index (κ2) is 5.56. The molecule has 2 N–H and O–H groups in total. The fraction of sp³-hybridized carbons (Fsp3) is 0.462. The van der Waals surface area contributed by atoms with Crippen molar-refractivity contribution in [2.24, 2.45) is 0 Å². The largest absolute Gasteiger partial charge is 0.480 e. The molecule has 1 aliphatic rings. The van der Waals surface area contributed by atoms with Crippen molar-refractivity contribution in [1.29, 1.82) is 0 Å². The van der Waals surface area contributed by atoms with E-state index in [0.29, 0.717) is 11.7 Å². The molecule has 1 aliphatic heterocycles. The number of nitrogens with one attached hydrogen (secondary N) is 1. The first kappa shape index (κ1) is 12.5. The van der Waals surface area contributed by atoms with Crippen molar-refractivity contribution in [2.75, 3.05) is 5.75 Å². The van der Waals surface area contributed by atoms with Crippen LogP contribution in [0.3, 0.4) is 0 Å². The molecule has 0 aromatic heterocycles. The molecule has 1 heterocycles. The van der Waals surface area contributed by atoms with E-state index in [1.54, 1.807) is 11.8 Å². The Bertz CT molecular complexity index is 382. The van der Waals surface area contributed by atoms with Crippen LogP contribution in [0.4, 0.5) is 0 Å². The Balaban J connectivity index is 1.88. The van der Waals surface area contributed by atoms with E-state index in [2.05, 4.69) is 24.4 Å². The summed E-state index contributed by atoms with van der Waals surface area (Å²) in [5, 5.41) is 12.3. The Kier molecular flexibility index (Phi) is 4.07. The second-order valence-electron chi connectivity index (χ2n) is 4.43. The van der Waals surface area contributed by atoms with E-state index < -0.39 is 5.97 Å². The summed E-state index contributed by atoms with van der Waals surface area (Å²) in [5.74, 6) is 0.378. The Hall–Kier alpha value is -1.00. The maximum absolute atomic E-state index is 10.8. The maximum Gasteiger partial charge on any atom is 0.321 e. The number of aliphatic carboxylic acids is 1. The van der Waals surface area contributed by atoms with Crippen LogP contribution in [0, 0.1) is 0 Å². The third kappa shape index (κ3) is 3.23. The molecule has 3 atom stereocenters. The van der Waals surface area contributed by atoms with E-state index in [-0.39, 0.29) is 11.4 Å². The van der Waals surface area contributed by atoms with Gasteiger partial charge in [0.15, 0.2) is 0 Å². The molecule has 2 rings (SSSR count). The Morgan fingerprint density at radius 2 is 2.24 bits per heavy atom. The summed E-state index contributed by atoms with van der Waals surface area (Å²) >= 11 is 1.71. The van der Waals surface area contributed by atoms with Crippen LogP contribution in [-0.4, -0.2) is 28.2 Å². The smallest absolute Gasteiger partial charge is 0.321 e. The van der Waals surface area contributed by atoms with Crippen LogP contribution in [-0.2, 0) is 4.79 Å². The van der Waals surface area contributed by atoms with Crippen LogP contribution < -0.4 is 5.32 Å². The fourth-order valence-electron chi connectivity index (χ4n) is 2.05. The van der Waals surface area contributed by atoms with Gasteiger partial charge in [-0.1, -0.05) is 37.3 Å². The van der Waals surface area contributed by atoms with Gasteiger partial charge in [-0.25, -0.2) is 0 Å². The third-order valence-corrected chi connectivity index (χ3v) is 4.34. The van der Waals surface area contributed by atoms with E-state index in [1.807, 2.05) is 18.2 Å². The number of carbonyl (C=O) groups is 1. The predicted octanol–water partition coefficient (Wildman–Crippen LogP) is 2.30. The molecule has 0 radical (unpaired) electrons. The highest BCUT2D eigenvalue weighted by atomic mass is 32.2. The predicted molar refractivity (Wildman–Crippen MR) is 70.3 cm³/mol. The van der Waals surface area contributed by atoms with Crippen molar-refractivity contribution in [3.63, 3.8) is 0 Å². The molecule has 0 spiro atoms. The minimum absolute atomic E-state index is 0.256. The summed E-state index contributed by atoms with van der Waals surface area (Å²) in [4.78, 5) is 10.8. The fourth-order valence-corrected chi connectivity index (χ4v) is 3.40. The van der Waals surface area contributed by atoms with Crippen LogP contribution in [0.2, 0.25) is 0 Å². The van der Waals surface area contributed by atoms with Gasteiger partial charge < -0.3 is 5.11 Å². The lowest BCUT2D eigenvalue weighted by atomic mass is 9.98. The van der Waals surface area contributed by atoms with Crippen LogP contribution in [0.25, 0.3) is 0 Å². The molecule has 17 heavy (non-hydrogen) atoms. The Morgan fingerprint density at radius 3 is 2.82 bits per heavy atom. The molecule has 0 amide bonds. The number of benzene rings is 1. The van der Waals surface area contributed by atoms with E-state index in [4.69, 9.17) is 5.11 Å². The highest BCUT2D eigenvalue weighted by Gasteiger charge is 2.30. The molecule has 92 valence electrons. The quantitative estimate of drug-likeness (QED) is 0.862. The third-order valence-electron chi connectivity index (χ3n) is 3.09. The molecule has 3 nitrogen and oxygen atoms in total. The number of rotatable bonds is 4. The second-order valence-corrected chi connectivity index (χ2v) is 5.66. The van der Waals surface area contributed by atoms with Gasteiger partial charge in [-0.05, 0) is 17.9 Å². The molecule has 0 aliphatic carbocycles. The molecule has 4 heteroatoms. The summed E-state index contributed by atoms with van der Waals surface area (Å²) < 4.78 is 0. The van der Waals surface area contributed by atoms with Crippen LogP contribution in [0.15, 0.2) is 30.3 Å². The molecular formula is C13H17NO2S. The van der Waals surface area contributed by atoms with Gasteiger partial charge in [-0.15, -0.1) is 11.8 Å². The summed E-state index contributed by atoms with van der Waals surface area (Å²) in [5.41, 5.74) is 1.31. The molecule has 2 unspecified atom stereocenters. The Labute approximate surface area is 106 Å². The first-order valence-electron chi connectivity index (χ1n) is 5.82. The average molecular weight is 251 g/mol. The van der Waals surface area contributed by atoms with Gasteiger partial charge in [0.05, 0.1) is 5.37 Å². The van der Waals surface area contributed by atoms with Gasteiger partial charge in [0, 0.05) is 5.75 Å². The van der Waals surface area contributed by atoms with E-state index in [9.17, 15) is 4.79 Å². The monoisotopic (exact) mass is 251 g/mol. The van der Waals surface area contributed by atoms with Crippen LogP contribution in [0.1, 0.15) is 24.8 Å². The number of hydrogen-bond acceptors (Lipinski definition) is 3. The Morgan fingerprint density at radius 1 is 1.53 bits per heavy atom. The zero-order valence-corrected chi connectivity index (χ0v) is 10.6. The minimum Gasteiger partial charge on any atom is -0.480 e. The van der Waals surface area contributed by atoms with E-state index in [0.717, 1.165) is 6.42 Å². The topological polar surface area (TPSA) is 49.3 Å². The van der Waals surface area contributed by atoms with Gasteiger partial charge in [0.1, 0.15) is 6.04 Å². The van der Waals surface area contributed by atoms with Crippen molar-refractivity contribution < 1.29 is 9.90 Å². The van der Waals surface area contributed by atoms with Gasteiger partial charge >= 0.3 is 5.97 Å². The molecule has 1 aromatic rings. The highest BCUT2D eigenvalue weighted by molar-refractivity contribution is 8.00. The highest BCUT2D eigenvalue weighted by Crippen LogP contribution is 2.29. The van der Waals surface area contributed by atoms with Gasteiger partial charge in [-0.2, -0.15) is 0 Å². The number of carboxylic acid groups (broad SMARTS) is 1. The lowest BCUT2D eigenvalue weighted by Gasteiger charge is -2.17. The first-order chi connectivity index (χ1) is 8.16. The normalized spacial score (nSPS) is 25.7. The van der Waals surface area contributed by atoms with Gasteiger partial charge in [0.25, 0.3) is 0 Å². The summed E-state index contributed by atoms with van der Waals surface area (Å²) in [7, 11) is 0. The molecule has 1 saturated heterocycles. The maximum atomic E-state index is 10.8. The molecule has 0 saturated carbocycles. The summed E-state index contributed by atoms with van der Waals surface area (Å²) in [6, 6.07) is 9.97. The lowest BCUT2D eigenvalue weighted by molar-refractivity contribution is -0.138. The average Bonchev–Trinajstić information content (AvgIpc) is 2.79. The molecule has 1 aromatic carbocycles. The number of thioether (sulfide) groups is 1. The van der Waals surface area contributed by atoms with Crippen molar-refractivity contribution in [2.45, 2.75) is 30.7 Å². The zero-order valence-electron chi connectivity index (χ0n) is 9.80.